The molecule has 4 rings (SSSR count). The van der Waals surface area contributed by atoms with Crippen molar-refractivity contribution < 1.29 is 4.79 Å². The minimum Gasteiger partial charge on any atom is -0.399 e. The first-order valence-electron chi connectivity index (χ1n) is 12.4. The van der Waals surface area contributed by atoms with Crippen LogP contribution in [0.5, 0.6) is 0 Å². The number of nitrogens with two attached hydrogens (primary N) is 2. The number of anilines is 2. The Kier molecular flexibility index (Phi) is 7.84. The van der Waals surface area contributed by atoms with Crippen LogP contribution in [-0.2, 0) is 4.79 Å². The lowest BCUT2D eigenvalue weighted by molar-refractivity contribution is -0.118. The van der Waals surface area contributed by atoms with E-state index in [1.165, 1.54) is 19.3 Å². The van der Waals surface area contributed by atoms with E-state index < -0.39 is 0 Å². The van der Waals surface area contributed by atoms with Crippen LogP contribution in [0.15, 0.2) is 47.4 Å². The van der Waals surface area contributed by atoms with Crippen molar-refractivity contribution in [2.75, 3.05) is 23.7 Å². The van der Waals surface area contributed by atoms with Crippen LogP contribution in [0.2, 0.25) is 0 Å². The monoisotopic (exact) mass is 479 g/mol. The van der Waals surface area contributed by atoms with Crippen molar-refractivity contribution in [3.8, 4) is 0 Å². The maximum Gasteiger partial charge on any atom is 0.245 e. The largest absolute Gasteiger partial charge is 0.399 e. The topological polar surface area (TPSA) is 99.4 Å². The van der Waals surface area contributed by atoms with E-state index in [0.717, 1.165) is 42.0 Å². The number of piperidine rings is 1. The second kappa shape index (κ2) is 10.8. The second-order valence-electron chi connectivity index (χ2n) is 9.68. The van der Waals surface area contributed by atoms with Crippen LogP contribution < -0.4 is 16.4 Å². The Morgan fingerprint density at radius 3 is 2.53 bits per heavy atom. The maximum absolute atomic E-state index is 13.6. The summed E-state index contributed by atoms with van der Waals surface area (Å²) in [6.45, 7) is 6.52. The molecule has 7 heteroatoms. The average molecular weight is 480 g/mol. The van der Waals surface area contributed by atoms with Crippen molar-refractivity contribution >= 4 is 34.9 Å². The van der Waals surface area contributed by atoms with E-state index in [2.05, 4.69) is 18.7 Å². The summed E-state index contributed by atoms with van der Waals surface area (Å²) in [5, 5.41) is 7.41. The van der Waals surface area contributed by atoms with Gasteiger partial charge in [-0.2, -0.15) is 0 Å². The van der Waals surface area contributed by atoms with Crippen LogP contribution in [0.25, 0.3) is 0 Å². The van der Waals surface area contributed by atoms with Crippen LogP contribution in [-0.4, -0.2) is 41.8 Å². The van der Waals surface area contributed by atoms with E-state index in [1.807, 2.05) is 41.3 Å². The van der Waals surface area contributed by atoms with Crippen molar-refractivity contribution in [3.63, 3.8) is 0 Å². The van der Waals surface area contributed by atoms with E-state index in [0.29, 0.717) is 29.9 Å². The van der Waals surface area contributed by atoms with Crippen molar-refractivity contribution in [2.24, 2.45) is 5.73 Å². The van der Waals surface area contributed by atoms with Crippen LogP contribution in [0.3, 0.4) is 0 Å². The molecule has 0 aromatic heterocycles. The number of amides is 1. The number of benzene rings is 2. The molecule has 3 atom stereocenters. The lowest BCUT2D eigenvalue weighted by atomic mass is 9.97. The van der Waals surface area contributed by atoms with Crippen LogP contribution in [0.1, 0.15) is 68.7 Å². The van der Waals surface area contributed by atoms with Crippen LogP contribution in [0.4, 0.5) is 11.4 Å². The number of rotatable bonds is 8. The van der Waals surface area contributed by atoms with Crippen molar-refractivity contribution in [3.05, 3.63) is 53.6 Å². The molecule has 2 aromatic carbocycles. The Labute approximate surface area is 207 Å². The zero-order valence-corrected chi connectivity index (χ0v) is 21.1. The van der Waals surface area contributed by atoms with Gasteiger partial charge in [0.2, 0.25) is 5.91 Å². The number of nitrogen functional groups attached to an aromatic ring is 2. The summed E-state index contributed by atoms with van der Waals surface area (Å²) in [6.07, 6.45) is 7.14. The zero-order chi connectivity index (χ0) is 24.2. The Morgan fingerprint density at radius 1 is 1.06 bits per heavy atom. The maximum atomic E-state index is 13.6. The van der Waals surface area contributed by atoms with Gasteiger partial charge in [0.05, 0.1) is 5.69 Å². The second-order valence-corrected chi connectivity index (χ2v) is 10.8. The van der Waals surface area contributed by atoms with E-state index >= 15 is 0 Å². The highest BCUT2D eigenvalue weighted by molar-refractivity contribution is 8.00. The molecule has 0 spiro atoms. The molecule has 0 aliphatic carbocycles. The number of fused-ring (bicyclic) bond motifs is 1. The van der Waals surface area contributed by atoms with Gasteiger partial charge in [-0.05, 0) is 75.9 Å². The number of likely N-dealkylation sites (tertiary alicyclic amines) is 1. The zero-order valence-electron chi connectivity index (χ0n) is 20.3. The molecule has 0 radical (unpaired) electrons. The summed E-state index contributed by atoms with van der Waals surface area (Å²) in [5.41, 5.74) is 14.9. The Hall–Kier alpha value is -2.51. The fourth-order valence-electron chi connectivity index (χ4n) is 5.25. The van der Waals surface area contributed by atoms with E-state index in [4.69, 9.17) is 16.9 Å². The van der Waals surface area contributed by atoms with E-state index in [9.17, 15) is 4.79 Å². The van der Waals surface area contributed by atoms with Crippen LogP contribution >= 0.6 is 11.8 Å². The molecule has 2 aromatic rings. The minimum absolute atomic E-state index is 0.0116. The molecule has 2 heterocycles. The van der Waals surface area contributed by atoms with Gasteiger partial charge in [0.1, 0.15) is 11.1 Å². The van der Waals surface area contributed by atoms with Gasteiger partial charge in [0.25, 0.3) is 0 Å². The molecule has 182 valence electrons. The predicted molar refractivity (Wildman–Crippen MR) is 143 cm³/mol. The normalized spacial score (nSPS) is 23.1. The number of hydrogen-bond acceptors (Lipinski definition) is 5. The van der Waals surface area contributed by atoms with Crippen LogP contribution in [0, 0.1) is 5.41 Å². The highest BCUT2D eigenvalue weighted by Crippen LogP contribution is 2.47. The standard InChI is InChI=1S/C27H37N5OS/c1-18-8-6-9-19(2)31(18)14-4-3-5-15-32-23-17-22(28)12-13-24(23)34-25(27(32)33)20-10-7-11-21(16-20)26(29)30/h7,10-13,16-19,25H,3-6,8-9,14-15,28H2,1-2H3,(H3,29,30)/t18-,19?,25?/m0/s1. The number of carbonyl (C=O) groups is 1. The lowest BCUT2D eigenvalue weighted by Gasteiger charge is -2.39. The summed E-state index contributed by atoms with van der Waals surface area (Å²) in [4.78, 5) is 19.3. The fraction of sp³-hybridized carbons (Fsp3) is 0.481. The lowest BCUT2D eigenvalue weighted by Crippen LogP contribution is -2.44. The summed E-state index contributed by atoms with van der Waals surface area (Å²) in [6, 6.07) is 14.6. The number of hydrogen-bond donors (Lipinski definition) is 3. The molecule has 2 aliphatic heterocycles. The fourth-order valence-corrected chi connectivity index (χ4v) is 6.45. The van der Waals surface area contributed by atoms with Gasteiger partial charge in [-0.3, -0.25) is 15.1 Å². The molecular formula is C27H37N5OS. The van der Waals surface area contributed by atoms with Crippen molar-refractivity contribution in [1.29, 1.82) is 5.41 Å². The first-order chi connectivity index (χ1) is 16.3. The SMILES string of the molecule is CC1CCC[C@H](C)N1CCCCCN1C(=O)C(c2cccc(C(=N)N)c2)Sc2ccc(N)cc21. The van der Waals surface area contributed by atoms with Crippen molar-refractivity contribution in [1.82, 2.24) is 4.90 Å². The molecule has 5 N–H and O–H groups in total. The van der Waals surface area contributed by atoms with Gasteiger partial charge in [-0.25, -0.2) is 0 Å². The predicted octanol–water partition coefficient (Wildman–Crippen LogP) is 5.17. The van der Waals surface area contributed by atoms with Gasteiger partial charge in [0, 0.05) is 34.8 Å². The van der Waals surface area contributed by atoms with E-state index in [1.54, 1.807) is 17.8 Å². The summed E-state index contributed by atoms with van der Waals surface area (Å²) < 4.78 is 0. The minimum atomic E-state index is -0.356. The Morgan fingerprint density at radius 2 is 1.79 bits per heavy atom. The third-order valence-electron chi connectivity index (χ3n) is 7.18. The van der Waals surface area contributed by atoms with Gasteiger partial charge >= 0.3 is 0 Å². The molecule has 0 saturated carbocycles. The number of thioether (sulfide) groups is 1. The molecule has 2 aliphatic rings. The molecule has 2 unspecified atom stereocenters. The number of amidine groups is 1. The number of nitrogens with zero attached hydrogens (tertiary/aromatic N) is 2. The molecular weight excluding hydrogens is 442 g/mol. The number of unbranched alkanes of at least 4 members (excludes halogenated alkanes) is 2. The summed E-state index contributed by atoms with van der Waals surface area (Å²) >= 11 is 1.55. The molecule has 34 heavy (non-hydrogen) atoms. The smallest absolute Gasteiger partial charge is 0.245 e. The Bertz CT molecular complexity index is 1030. The summed E-state index contributed by atoms with van der Waals surface area (Å²) in [5.74, 6) is 0.0829. The quantitative estimate of drug-likeness (QED) is 0.210. The number of carbonyl (C=O) groups excluding carboxylic acids is 1. The number of nitrogens with one attached hydrogen (secondary N) is 1. The summed E-state index contributed by atoms with van der Waals surface area (Å²) in [7, 11) is 0. The van der Waals surface area contributed by atoms with Gasteiger partial charge in [-0.1, -0.05) is 31.0 Å². The average Bonchev–Trinajstić information content (AvgIpc) is 2.81. The molecule has 0 bridgehead atoms. The molecule has 1 fully saturated rings. The molecule has 1 saturated heterocycles. The molecule has 6 nitrogen and oxygen atoms in total. The van der Waals surface area contributed by atoms with E-state index in [-0.39, 0.29) is 17.0 Å². The first-order valence-corrected chi connectivity index (χ1v) is 13.3. The third kappa shape index (κ3) is 5.41. The highest BCUT2D eigenvalue weighted by atomic mass is 32.2. The molecule has 1 amide bonds. The van der Waals surface area contributed by atoms with Gasteiger partial charge in [-0.15, -0.1) is 11.8 Å². The Balaban J connectivity index is 1.45. The van der Waals surface area contributed by atoms with Gasteiger partial charge < -0.3 is 16.4 Å². The first kappa shape index (κ1) is 24.6. The highest BCUT2D eigenvalue weighted by Gasteiger charge is 2.34. The van der Waals surface area contributed by atoms with Crippen molar-refractivity contribution in [2.45, 2.75) is 74.6 Å². The van der Waals surface area contributed by atoms with Gasteiger partial charge in [0.15, 0.2) is 0 Å². The third-order valence-corrected chi connectivity index (χ3v) is 8.49.